The highest BCUT2D eigenvalue weighted by Gasteiger charge is 2.05. The summed E-state index contributed by atoms with van der Waals surface area (Å²) in [4.78, 5) is 8.00. The molecule has 5 heteroatoms. The van der Waals surface area contributed by atoms with Crippen LogP contribution in [0.4, 0.5) is 11.6 Å². The molecule has 0 saturated heterocycles. The molecule has 0 radical (unpaired) electrons. The number of nitrogens with one attached hydrogen (secondary N) is 2. The van der Waals surface area contributed by atoms with Gasteiger partial charge in [0.1, 0.15) is 17.5 Å². The van der Waals surface area contributed by atoms with E-state index in [9.17, 15) is 0 Å². The third kappa shape index (κ3) is 1.34. The molecule has 1 rings (SSSR count). The van der Waals surface area contributed by atoms with Gasteiger partial charge in [0.05, 0.1) is 5.56 Å². The van der Waals surface area contributed by atoms with Gasteiger partial charge in [0.15, 0.2) is 0 Å². The summed E-state index contributed by atoms with van der Waals surface area (Å²) in [5.41, 5.74) is 6.10. The Bertz CT molecular complexity index is 307. The number of nitrogens with two attached hydrogens (primary N) is 1. The summed E-state index contributed by atoms with van der Waals surface area (Å²) in [5, 5.41) is 9.92. The molecular weight excluding hydrogens is 154 g/mol. The molecule has 1 aromatic rings. The lowest BCUT2D eigenvalue weighted by Gasteiger charge is -2.06. The lowest BCUT2D eigenvalue weighted by molar-refractivity contribution is 1.06. The number of aromatic nitrogens is 2. The summed E-state index contributed by atoms with van der Waals surface area (Å²) in [7, 11) is 1.73. The molecule has 0 amide bonds. The average molecular weight is 165 g/mol. The fourth-order valence-electron chi connectivity index (χ4n) is 0.936. The number of nitrogens with zero attached hydrogens (tertiary/aromatic N) is 2. The van der Waals surface area contributed by atoms with Crippen molar-refractivity contribution >= 4 is 17.9 Å². The van der Waals surface area contributed by atoms with Gasteiger partial charge in [-0.1, -0.05) is 0 Å². The molecule has 0 aliphatic rings. The van der Waals surface area contributed by atoms with Gasteiger partial charge in [-0.3, -0.25) is 0 Å². The Labute approximate surface area is 70.5 Å². The summed E-state index contributed by atoms with van der Waals surface area (Å²) in [5.74, 6) is 1.53. The summed E-state index contributed by atoms with van der Waals surface area (Å²) in [6.07, 6.45) is 1.14. The zero-order valence-electron chi connectivity index (χ0n) is 7.05. The minimum Gasteiger partial charge on any atom is -0.383 e. The highest BCUT2D eigenvalue weighted by Crippen LogP contribution is 2.14. The van der Waals surface area contributed by atoms with Crippen LogP contribution in [0.2, 0.25) is 0 Å². The standard InChI is InChI=1S/C7H11N5/c1-4-11-6(9)5(3-8)7(10-2)12-4/h3,8H,1-2H3,(H3,9,10,11,12). The van der Waals surface area contributed by atoms with Crippen molar-refractivity contribution in [3.63, 3.8) is 0 Å². The number of hydrogen-bond acceptors (Lipinski definition) is 5. The van der Waals surface area contributed by atoms with Crippen LogP contribution in [-0.4, -0.2) is 23.2 Å². The fourth-order valence-corrected chi connectivity index (χ4v) is 0.936. The lowest BCUT2D eigenvalue weighted by atomic mass is 10.3. The number of aryl methyl sites for hydroxylation is 1. The highest BCUT2D eigenvalue weighted by molar-refractivity contribution is 5.89. The molecule has 0 fully saturated rings. The van der Waals surface area contributed by atoms with Gasteiger partial charge >= 0.3 is 0 Å². The molecular formula is C7H11N5. The van der Waals surface area contributed by atoms with Gasteiger partial charge in [-0.05, 0) is 6.92 Å². The van der Waals surface area contributed by atoms with Crippen LogP contribution in [0, 0.1) is 12.3 Å². The van der Waals surface area contributed by atoms with E-state index in [0.717, 1.165) is 6.21 Å². The van der Waals surface area contributed by atoms with E-state index < -0.39 is 0 Å². The van der Waals surface area contributed by atoms with Gasteiger partial charge in [0.2, 0.25) is 0 Å². The maximum absolute atomic E-state index is 7.07. The topological polar surface area (TPSA) is 87.7 Å². The zero-order valence-corrected chi connectivity index (χ0v) is 7.05. The minimum absolute atomic E-state index is 0.335. The van der Waals surface area contributed by atoms with Gasteiger partial charge in [-0.25, -0.2) is 9.97 Å². The SMILES string of the molecule is CNc1nc(C)nc(N)c1C=N. The average Bonchev–Trinajstić information content (AvgIpc) is 2.03. The van der Waals surface area contributed by atoms with Crippen molar-refractivity contribution in [3.8, 4) is 0 Å². The smallest absolute Gasteiger partial charge is 0.140 e. The van der Waals surface area contributed by atoms with Crippen molar-refractivity contribution in [2.75, 3.05) is 18.1 Å². The minimum atomic E-state index is 0.335. The van der Waals surface area contributed by atoms with Gasteiger partial charge in [-0.2, -0.15) is 0 Å². The Morgan fingerprint density at radius 3 is 2.67 bits per heavy atom. The van der Waals surface area contributed by atoms with E-state index >= 15 is 0 Å². The molecule has 0 unspecified atom stereocenters. The van der Waals surface area contributed by atoms with Gasteiger partial charge < -0.3 is 16.5 Å². The third-order valence-corrected chi connectivity index (χ3v) is 1.47. The van der Waals surface area contributed by atoms with E-state index in [1.54, 1.807) is 14.0 Å². The first kappa shape index (κ1) is 8.45. The monoisotopic (exact) mass is 165 g/mol. The molecule has 12 heavy (non-hydrogen) atoms. The van der Waals surface area contributed by atoms with Gasteiger partial charge in [-0.15, -0.1) is 0 Å². The first-order valence-corrected chi connectivity index (χ1v) is 3.51. The summed E-state index contributed by atoms with van der Waals surface area (Å²) in [6, 6.07) is 0. The van der Waals surface area contributed by atoms with E-state index in [1.807, 2.05) is 0 Å². The van der Waals surface area contributed by atoms with Crippen molar-refractivity contribution in [2.24, 2.45) is 0 Å². The first-order valence-electron chi connectivity index (χ1n) is 3.51. The summed E-state index contributed by atoms with van der Waals surface area (Å²) < 4.78 is 0. The summed E-state index contributed by atoms with van der Waals surface area (Å²) in [6.45, 7) is 1.75. The maximum atomic E-state index is 7.07. The normalized spacial score (nSPS) is 9.50. The number of nitrogen functional groups attached to an aromatic ring is 1. The van der Waals surface area contributed by atoms with Crippen LogP contribution in [0.1, 0.15) is 11.4 Å². The third-order valence-electron chi connectivity index (χ3n) is 1.47. The second kappa shape index (κ2) is 3.17. The number of rotatable bonds is 2. The van der Waals surface area contributed by atoms with E-state index in [-0.39, 0.29) is 0 Å². The quantitative estimate of drug-likeness (QED) is 0.554. The molecule has 0 spiro atoms. The Morgan fingerprint density at radius 2 is 2.17 bits per heavy atom. The second-order valence-electron chi connectivity index (χ2n) is 2.31. The first-order chi connectivity index (χ1) is 5.69. The lowest BCUT2D eigenvalue weighted by Crippen LogP contribution is -2.06. The molecule has 0 aliphatic heterocycles. The number of hydrogen-bond donors (Lipinski definition) is 3. The van der Waals surface area contributed by atoms with Crippen LogP contribution in [-0.2, 0) is 0 Å². The van der Waals surface area contributed by atoms with Crippen molar-refractivity contribution in [1.29, 1.82) is 5.41 Å². The van der Waals surface area contributed by atoms with Gasteiger partial charge in [0.25, 0.3) is 0 Å². The second-order valence-corrected chi connectivity index (χ2v) is 2.31. The van der Waals surface area contributed by atoms with Crippen molar-refractivity contribution in [1.82, 2.24) is 9.97 Å². The van der Waals surface area contributed by atoms with Gasteiger partial charge in [0, 0.05) is 13.3 Å². The van der Waals surface area contributed by atoms with Crippen LogP contribution in [0.25, 0.3) is 0 Å². The molecule has 5 nitrogen and oxygen atoms in total. The summed E-state index contributed by atoms with van der Waals surface area (Å²) >= 11 is 0. The van der Waals surface area contributed by atoms with Crippen molar-refractivity contribution < 1.29 is 0 Å². The maximum Gasteiger partial charge on any atom is 0.140 e. The largest absolute Gasteiger partial charge is 0.383 e. The molecule has 0 saturated carbocycles. The molecule has 0 bridgehead atoms. The van der Waals surface area contributed by atoms with E-state index in [1.165, 1.54) is 0 Å². The Kier molecular flexibility index (Phi) is 2.23. The van der Waals surface area contributed by atoms with Crippen LogP contribution < -0.4 is 11.1 Å². The Morgan fingerprint density at radius 1 is 1.50 bits per heavy atom. The van der Waals surface area contributed by atoms with Crippen molar-refractivity contribution in [2.45, 2.75) is 6.92 Å². The molecule has 64 valence electrons. The van der Waals surface area contributed by atoms with E-state index in [4.69, 9.17) is 11.1 Å². The van der Waals surface area contributed by atoms with Crippen LogP contribution in [0.3, 0.4) is 0 Å². The predicted molar refractivity (Wildman–Crippen MR) is 48.6 cm³/mol. The highest BCUT2D eigenvalue weighted by atomic mass is 15.0. The fraction of sp³-hybridized carbons (Fsp3) is 0.286. The zero-order chi connectivity index (χ0) is 9.14. The molecule has 0 atom stereocenters. The van der Waals surface area contributed by atoms with Crippen molar-refractivity contribution in [3.05, 3.63) is 11.4 Å². The molecule has 1 heterocycles. The Balaban J connectivity index is 3.33. The number of anilines is 2. The Hall–Kier alpha value is -1.65. The van der Waals surface area contributed by atoms with Crippen LogP contribution in [0.5, 0.6) is 0 Å². The molecule has 0 aliphatic carbocycles. The molecule has 4 N–H and O–H groups in total. The molecule has 1 aromatic heterocycles. The predicted octanol–water partition coefficient (Wildman–Crippen LogP) is 0.407. The molecule has 0 aromatic carbocycles. The van der Waals surface area contributed by atoms with Crippen LogP contribution in [0.15, 0.2) is 0 Å². The van der Waals surface area contributed by atoms with Crippen LogP contribution >= 0.6 is 0 Å². The van der Waals surface area contributed by atoms with E-state index in [2.05, 4.69) is 15.3 Å². The van der Waals surface area contributed by atoms with E-state index in [0.29, 0.717) is 23.0 Å².